The zero-order valence-electron chi connectivity index (χ0n) is 11.2. The number of rotatable bonds is 3. The van der Waals surface area contributed by atoms with Crippen LogP contribution >= 0.6 is 11.3 Å². The molecule has 0 bridgehead atoms. The van der Waals surface area contributed by atoms with Gasteiger partial charge in [-0.05, 0) is 30.0 Å². The average molecular weight is 289 g/mol. The summed E-state index contributed by atoms with van der Waals surface area (Å²) in [6.45, 7) is 3.32. The van der Waals surface area contributed by atoms with E-state index in [4.69, 9.17) is 4.74 Å². The Morgan fingerprint density at radius 2 is 2.45 bits per heavy atom. The van der Waals surface area contributed by atoms with Gasteiger partial charge in [-0.3, -0.25) is 4.79 Å². The third kappa shape index (κ3) is 2.80. The number of hydrogen-bond acceptors (Lipinski definition) is 5. The van der Waals surface area contributed by atoms with Gasteiger partial charge < -0.3 is 9.64 Å². The summed E-state index contributed by atoms with van der Waals surface area (Å²) in [4.78, 5) is 14.9. The second-order valence-corrected chi connectivity index (χ2v) is 5.74. The van der Waals surface area contributed by atoms with E-state index in [1.165, 1.54) is 11.3 Å². The molecule has 1 aliphatic rings. The van der Waals surface area contributed by atoms with Gasteiger partial charge in [-0.15, -0.1) is 16.4 Å². The molecule has 3 rings (SSSR count). The van der Waals surface area contributed by atoms with Crippen molar-refractivity contribution in [2.24, 2.45) is 0 Å². The van der Waals surface area contributed by atoms with Crippen LogP contribution in [0.4, 0.5) is 0 Å². The van der Waals surface area contributed by atoms with Crippen molar-refractivity contribution in [3.63, 3.8) is 0 Å². The van der Waals surface area contributed by atoms with Gasteiger partial charge in [0.2, 0.25) is 5.88 Å². The van der Waals surface area contributed by atoms with Gasteiger partial charge in [-0.25, -0.2) is 0 Å². The first kappa shape index (κ1) is 13.1. The molecular formula is C14H15N3O2S. The van der Waals surface area contributed by atoms with Gasteiger partial charge >= 0.3 is 0 Å². The molecule has 0 saturated carbocycles. The molecule has 1 fully saturated rings. The quantitative estimate of drug-likeness (QED) is 0.868. The van der Waals surface area contributed by atoms with Gasteiger partial charge in [0.1, 0.15) is 6.10 Å². The SMILES string of the molecule is Cc1csc(C(=O)N2CC[C@H](Oc3cccnn3)C2)c1. The molecule has 1 aliphatic heterocycles. The van der Waals surface area contributed by atoms with E-state index >= 15 is 0 Å². The smallest absolute Gasteiger partial charge is 0.264 e. The van der Waals surface area contributed by atoms with Crippen LogP contribution in [0.2, 0.25) is 0 Å². The second kappa shape index (κ2) is 5.58. The number of amides is 1. The molecule has 104 valence electrons. The van der Waals surface area contributed by atoms with Crippen LogP contribution in [0.5, 0.6) is 5.88 Å². The van der Waals surface area contributed by atoms with Crippen molar-refractivity contribution >= 4 is 17.2 Å². The fourth-order valence-electron chi connectivity index (χ4n) is 2.23. The zero-order chi connectivity index (χ0) is 13.9. The van der Waals surface area contributed by atoms with E-state index in [0.717, 1.165) is 23.4 Å². The number of aromatic nitrogens is 2. The summed E-state index contributed by atoms with van der Waals surface area (Å²) in [7, 11) is 0. The Bertz CT molecular complexity index is 599. The lowest BCUT2D eigenvalue weighted by Crippen LogP contribution is -2.30. The van der Waals surface area contributed by atoms with Crippen molar-refractivity contribution in [2.45, 2.75) is 19.4 Å². The number of carbonyl (C=O) groups is 1. The summed E-state index contributed by atoms with van der Waals surface area (Å²) >= 11 is 1.50. The van der Waals surface area contributed by atoms with E-state index in [1.807, 2.05) is 23.3 Å². The van der Waals surface area contributed by atoms with Crippen molar-refractivity contribution in [2.75, 3.05) is 13.1 Å². The normalized spacial score (nSPS) is 18.2. The number of ether oxygens (including phenoxy) is 1. The lowest BCUT2D eigenvalue weighted by atomic mass is 10.3. The summed E-state index contributed by atoms with van der Waals surface area (Å²) in [6.07, 6.45) is 2.43. The van der Waals surface area contributed by atoms with Crippen LogP contribution in [-0.4, -0.2) is 40.2 Å². The van der Waals surface area contributed by atoms with Crippen LogP contribution < -0.4 is 4.74 Å². The molecule has 0 unspecified atom stereocenters. The van der Waals surface area contributed by atoms with Gasteiger partial charge in [0.15, 0.2) is 0 Å². The fourth-order valence-corrected chi connectivity index (χ4v) is 3.09. The Hall–Kier alpha value is -1.95. The van der Waals surface area contributed by atoms with Crippen molar-refractivity contribution in [1.29, 1.82) is 0 Å². The first-order valence-corrected chi connectivity index (χ1v) is 7.39. The molecular weight excluding hydrogens is 274 g/mol. The minimum Gasteiger partial charge on any atom is -0.471 e. The molecule has 1 saturated heterocycles. The van der Waals surface area contributed by atoms with Crippen molar-refractivity contribution in [3.8, 4) is 5.88 Å². The molecule has 20 heavy (non-hydrogen) atoms. The molecule has 0 radical (unpaired) electrons. The first-order chi connectivity index (χ1) is 9.72. The lowest BCUT2D eigenvalue weighted by Gasteiger charge is -2.15. The Kier molecular flexibility index (Phi) is 3.64. The number of nitrogens with zero attached hydrogens (tertiary/aromatic N) is 3. The number of aryl methyl sites for hydroxylation is 1. The molecule has 0 N–H and O–H groups in total. The summed E-state index contributed by atoms with van der Waals surface area (Å²) in [6, 6.07) is 5.50. The fraction of sp³-hybridized carbons (Fsp3) is 0.357. The zero-order valence-corrected chi connectivity index (χ0v) is 12.0. The third-order valence-corrected chi connectivity index (χ3v) is 4.24. The van der Waals surface area contributed by atoms with Crippen molar-refractivity contribution < 1.29 is 9.53 Å². The molecule has 0 aromatic carbocycles. The molecule has 2 aromatic heterocycles. The maximum atomic E-state index is 12.3. The van der Waals surface area contributed by atoms with E-state index < -0.39 is 0 Å². The van der Waals surface area contributed by atoms with E-state index in [1.54, 1.807) is 18.3 Å². The lowest BCUT2D eigenvalue weighted by molar-refractivity contribution is 0.0775. The first-order valence-electron chi connectivity index (χ1n) is 6.51. The van der Waals surface area contributed by atoms with E-state index in [9.17, 15) is 4.79 Å². The molecule has 2 aromatic rings. The molecule has 0 spiro atoms. The Morgan fingerprint density at radius 3 is 3.15 bits per heavy atom. The summed E-state index contributed by atoms with van der Waals surface area (Å²) in [5, 5.41) is 9.67. The van der Waals surface area contributed by atoms with E-state index in [-0.39, 0.29) is 12.0 Å². The van der Waals surface area contributed by atoms with Gasteiger partial charge in [0.05, 0.1) is 11.4 Å². The van der Waals surface area contributed by atoms with E-state index in [0.29, 0.717) is 12.4 Å². The van der Waals surface area contributed by atoms with Gasteiger partial charge in [-0.1, -0.05) is 0 Å². The largest absolute Gasteiger partial charge is 0.471 e. The highest BCUT2D eigenvalue weighted by Crippen LogP contribution is 2.21. The van der Waals surface area contributed by atoms with Gasteiger partial charge in [0.25, 0.3) is 5.91 Å². The van der Waals surface area contributed by atoms with Crippen LogP contribution in [0.25, 0.3) is 0 Å². The van der Waals surface area contributed by atoms with Crippen LogP contribution in [0.3, 0.4) is 0 Å². The maximum absolute atomic E-state index is 12.3. The van der Waals surface area contributed by atoms with Crippen molar-refractivity contribution in [1.82, 2.24) is 15.1 Å². The van der Waals surface area contributed by atoms with E-state index in [2.05, 4.69) is 10.2 Å². The topological polar surface area (TPSA) is 55.3 Å². The van der Waals surface area contributed by atoms with Gasteiger partial charge in [0, 0.05) is 25.2 Å². The number of likely N-dealkylation sites (tertiary alicyclic amines) is 1. The van der Waals surface area contributed by atoms with Crippen LogP contribution in [0.15, 0.2) is 29.8 Å². The van der Waals surface area contributed by atoms with Crippen LogP contribution in [-0.2, 0) is 0 Å². The number of hydrogen-bond donors (Lipinski definition) is 0. The molecule has 6 heteroatoms. The summed E-state index contributed by atoms with van der Waals surface area (Å²) < 4.78 is 5.73. The second-order valence-electron chi connectivity index (χ2n) is 4.83. The van der Waals surface area contributed by atoms with Crippen LogP contribution in [0.1, 0.15) is 21.7 Å². The van der Waals surface area contributed by atoms with Crippen LogP contribution in [0, 0.1) is 6.92 Å². The Balaban J connectivity index is 1.61. The number of thiophene rings is 1. The minimum absolute atomic E-state index is 0.00305. The Morgan fingerprint density at radius 1 is 1.55 bits per heavy atom. The number of carbonyl (C=O) groups excluding carboxylic acids is 1. The predicted molar refractivity (Wildman–Crippen MR) is 76.0 cm³/mol. The maximum Gasteiger partial charge on any atom is 0.264 e. The monoisotopic (exact) mass is 289 g/mol. The summed E-state index contributed by atoms with van der Waals surface area (Å²) in [5.74, 6) is 0.604. The molecule has 5 nitrogen and oxygen atoms in total. The summed E-state index contributed by atoms with van der Waals surface area (Å²) in [5.41, 5.74) is 1.13. The predicted octanol–water partition coefficient (Wildman–Crippen LogP) is 2.14. The van der Waals surface area contributed by atoms with Gasteiger partial charge in [-0.2, -0.15) is 5.10 Å². The average Bonchev–Trinajstić information content (AvgIpc) is 3.08. The highest BCUT2D eigenvalue weighted by atomic mass is 32.1. The highest BCUT2D eigenvalue weighted by molar-refractivity contribution is 7.12. The standard InChI is InChI=1S/C14H15N3O2S/c1-10-7-12(20-9-10)14(18)17-6-4-11(8-17)19-13-3-2-5-15-16-13/h2-3,5,7,9,11H,4,6,8H2,1H3/t11-/m0/s1. The Labute approximate surface area is 121 Å². The molecule has 1 amide bonds. The van der Waals surface area contributed by atoms with Crippen molar-refractivity contribution in [3.05, 3.63) is 40.2 Å². The third-order valence-electron chi connectivity index (χ3n) is 3.21. The minimum atomic E-state index is -0.00305. The molecule has 3 heterocycles. The molecule has 1 atom stereocenters. The highest BCUT2D eigenvalue weighted by Gasteiger charge is 2.29. The molecule has 0 aliphatic carbocycles.